The SMILES string of the molecule is Cc1cc(C2(O)CCOC2)cc(F)c1Cl. The molecule has 1 fully saturated rings. The van der Waals surface area contributed by atoms with Crippen LogP contribution in [0.3, 0.4) is 0 Å². The van der Waals surface area contributed by atoms with Gasteiger partial charge in [0.15, 0.2) is 0 Å². The molecule has 1 saturated heterocycles. The fraction of sp³-hybridized carbons (Fsp3) is 0.455. The standard InChI is InChI=1S/C11H12ClFO2/c1-7-4-8(5-9(13)10(7)12)11(14)2-3-15-6-11/h4-5,14H,2-3,6H2,1H3. The smallest absolute Gasteiger partial charge is 0.142 e. The second-order valence-corrected chi connectivity index (χ2v) is 4.30. The highest BCUT2D eigenvalue weighted by Gasteiger charge is 2.34. The van der Waals surface area contributed by atoms with E-state index in [4.69, 9.17) is 16.3 Å². The lowest BCUT2D eigenvalue weighted by Crippen LogP contribution is -2.25. The van der Waals surface area contributed by atoms with Crippen LogP contribution in [0.2, 0.25) is 5.02 Å². The van der Waals surface area contributed by atoms with Crippen LogP contribution in [0.25, 0.3) is 0 Å². The molecule has 2 nitrogen and oxygen atoms in total. The maximum atomic E-state index is 13.4. The number of aryl methyl sites for hydroxylation is 1. The second kappa shape index (κ2) is 3.74. The molecule has 1 aromatic rings. The minimum Gasteiger partial charge on any atom is -0.383 e. The molecule has 15 heavy (non-hydrogen) atoms. The van der Waals surface area contributed by atoms with Gasteiger partial charge in [-0.25, -0.2) is 4.39 Å². The number of ether oxygens (including phenoxy) is 1. The Kier molecular flexibility index (Phi) is 2.71. The predicted molar refractivity (Wildman–Crippen MR) is 55.5 cm³/mol. The molecule has 0 aliphatic carbocycles. The fourth-order valence-electron chi connectivity index (χ4n) is 1.78. The number of aliphatic hydroxyl groups is 1. The molecular formula is C11H12ClFO2. The van der Waals surface area contributed by atoms with E-state index in [9.17, 15) is 9.50 Å². The van der Waals surface area contributed by atoms with Crippen molar-refractivity contribution < 1.29 is 14.2 Å². The molecule has 0 spiro atoms. The van der Waals surface area contributed by atoms with Crippen LogP contribution >= 0.6 is 11.6 Å². The van der Waals surface area contributed by atoms with Crippen molar-refractivity contribution in [1.29, 1.82) is 0 Å². The Hall–Kier alpha value is -0.640. The van der Waals surface area contributed by atoms with E-state index in [0.29, 0.717) is 24.2 Å². The summed E-state index contributed by atoms with van der Waals surface area (Å²) in [6.45, 7) is 2.43. The number of halogens is 2. The summed E-state index contributed by atoms with van der Waals surface area (Å²) in [6.07, 6.45) is 0.494. The van der Waals surface area contributed by atoms with Crippen LogP contribution in [0.1, 0.15) is 17.5 Å². The quantitative estimate of drug-likeness (QED) is 0.803. The first-order chi connectivity index (χ1) is 7.03. The van der Waals surface area contributed by atoms with E-state index in [1.165, 1.54) is 6.07 Å². The molecule has 4 heteroatoms. The molecular weight excluding hydrogens is 219 g/mol. The van der Waals surface area contributed by atoms with Crippen LogP contribution in [0.4, 0.5) is 4.39 Å². The van der Waals surface area contributed by atoms with Crippen molar-refractivity contribution in [3.8, 4) is 0 Å². The molecule has 0 saturated carbocycles. The lowest BCUT2D eigenvalue weighted by atomic mass is 9.92. The third-order valence-electron chi connectivity index (χ3n) is 2.75. The minimum atomic E-state index is -1.06. The van der Waals surface area contributed by atoms with Crippen LogP contribution < -0.4 is 0 Å². The predicted octanol–water partition coefficient (Wildman–Crippen LogP) is 2.40. The van der Waals surface area contributed by atoms with E-state index in [0.717, 1.165) is 0 Å². The van der Waals surface area contributed by atoms with Gasteiger partial charge in [0.1, 0.15) is 11.4 Å². The Bertz CT molecular complexity index is 363. The first-order valence-electron chi connectivity index (χ1n) is 4.79. The summed E-state index contributed by atoms with van der Waals surface area (Å²) < 4.78 is 18.5. The Balaban J connectivity index is 2.45. The van der Waals surface area contributed by atoms with Crippen molar-refractivity contribution in [3.05, 3.63) is 34.1 Å². The van der Waals surface area contributed by atoms with Crippen molar-refractivity contribution in [2.75, 3.05) is 13.2 Å². The van der Waals surface area contributed by atoms with Crippen LogP contribution in [-0.2, 0) is 10.3 Å². The third kappa shape index (κ3) is 1.87. The van der Waals surface area contributed by atoms with Crippen LogP contribution in [-0.4, -0.2) is 18.3 Å². The largest absolute Gasteiger partial charge is 0.383 e. The zero-order valence-corrected chi connectivity index (χ0v) is 9.14. The zero-order chi connectivity index (χ0) is 11.1. The molecule has 1 aromatic carbocycles. The lowest BCUT2D eigenvalue weighted by Gasteiger charge is -2.21. The normalized spacial score (nSPS) is 25.9. The van der Waals surface area contributed by atoms with Gasteiger partial charge in [0, 0.05) is 13.0 Å². The Morgan fingerprint density at radius 2 is 2.27 bits per heavy atom. The van der Waals surface area contributed by atoms with Gasteiger partial charge in [-0.15, -0.1) is 0 Å². The molecule has 1 heterocycles. The molecule has 0 bridgehead atoms. The van der Waals surface area contributed by atoms with Gasteiger partial charge >= 0.3 is 0 Å². The highest BCUT2D eigenvalue weighted by atomic mass is 35.5. The van der Waals surface area contributed by atoms with E-state index in [1.807, 2.05) is 0 Å². The average molecular weight is 231 g/mol. The molecule has 1 N–H and O–H groups in total. The summed E-state index contributed by atoms with van der Waals surface area (Å²) in [5.41, 5.74) is 0.113. The number of hydrogen-bond acceptors (Lipinski definition) is 2. The molecule has 1 aliphatic rings. The highest BCUT2D eigenvalue weighted by Crippen LogP contribution is 2.33. The van der Waals surface area contributed by atoms with Crippen molar-refractivity contribution in [2.24, 2.45) is 0 Å². The van der Waals surface area contributed by atoms with E-state index in [2.05, 4.69) is 0 Å². The molecule has 0 radical (unpaired) electrons. The monoisotopic (exact) mass is 230 g/mol. The molecule has 0 amide bonds. The van der Waals surface area contributed by atoms with Gasteiger partial charge in [0.25, 0.3) is 0 Å². The number of benzene rings is 1. The summed E-state index contributed by atoms with van der Waals surface area (Å²) >= 11 is 5.71. The van der Waals surface area contributed by atoms with Crippen LogP contribution in [0.15, 0.2) is 12.1 Å². The second-order valence-electron chi connectivity index (χ2n) is 3.92. The lowest BCUT2D eigenvalue weighted by molar-refractivity contribution is 0.0229. The Morgan fingerprint density at radius 1 is 1.53 bits per heavy atom. The highest BCUT2D eigenvalue weighted by molar-refractivity contribution is 6.31. The fourth-order valence-corrected chi connectivity index (χ4v) is 1.89. The Labute approximate surface area is 92.6 Å². The topological polar surface area (TPSA) is 29.5 Å². The van der Waals surface area contributed by atoms with Crippen molar-refractivity contribution in [1.82, 2.24) is 0 Å². The Morgan fingerprint density at radius 3 is 2.80 bits per heavy atom. The van der Waals surface area contributed by atoms with Gasteiger partial charge in [0.2, 0.25) is 0 Å². The molecule has 1 aliphatic heterocycles. The molecule has 0 aromatic heterocycles. The van der Waals surface area contributed by atoms with Gasteiger partial charge in [-0.3, -0.25) is 0 Å². The summed E-state index contributed by atoms with van der Waals surface area (Å²) in [4.78, 5) is 0. The maximum Gasteiger partial charge on any atom is 0.142 e. The van der Waals surface area contributed by atoms with E-state index in [-0.39, 0.29) is 11.6 Å². The van der Waals surface area contributed by atoms with E-state index >= 15 is 0 Å². The van der Waals surface area contributed by atoms with E-state index in [1.54, 1.807) is 13.0 Å². The van der Waals surface area contributed by atoms with Crippen molar-refractivity contribution in [3.63, 3.8) is 0 Å². The number of hydrogen-bond donors (Lipinski definition) is 1. The molecule has 1 atom stereocenters. The first-order valence-corrected chi connectivity index (χ1v) is 5.17. The molecule has 82 valence electrons. The minimum absolute atomic E-state index is 0.112. The molecule has 2 rings (SSSR count). The molecule has 1 unspecified atom stereocenters. The number of rotatable bonds is 1. The van der Waals surface area contributed by atoms with Gasteiger partial charge in [0.05, 0.1) is 11.6 Å². The summed E-state index contributed by atoms with van der Waals surface area (Å²) in [5, 5.41) is 10.3. The van der Waals surface area contributed by atoms with Crippen molar-refractivity contribution in [2.45, 2.75) is 18.9 Å². The van der Waals surface area contributed by atoms with Crippen LogP contribution in [0.5, 0.6) is 0 Å². The third-order valence-corrected chi connectivity index (χ3v) is 3.23. The van der Waals surface area contributed by atoms with Gasteiger partial charge in [-0.2, -0.15) is 0 Å². The summed E-state index contributed by atoms with van der Waals surface area (Å²) in [6, 6.07) is 2.99. The average Bonchev–Trinajstić information content (AvgIpc) is 2.62. The van der Waals surface area contributed by atoms with Gasteiger partial charge in [-0.1, -0.05) is 17.7 Å². The zero-order valence-electron chi connectivity index (χ0n) is 8.39. The first kappa shape index (κ1) is 10.9. The van der Waals surface area contributed by atoms with E-state index < -0.39 is 11.4 Å². The maximum absolute atomic E-state index is 13.4. The summed E-state index contributed by atoms with van der Waals surface area (Å²) in [5.74, 6) is -0.494. The summed E-state index contributed by atoms with van der Waals surface area (Å²) in [7, 11) is 0. The van der Waals surface area contributed by atoms with Gasteiger partial charge < -0.3 is 9.84 Å². The van der Waals surface area contributed by atoms with Crippen LogP contribution in [0, 0.1) is 12.7 Å². The van der Waals surface area contributed by atoms with Gasteiger partial charge in [-0.05, 0) is 24.1 Å². The van der Waals surface area contributed by atoms with Crippen molar-refractivity contribution >= 4 is 11.6 Å².